The van der Waals surface area contributed by atoms with Gasteiger partial charge < -0.3 is 10.1 Å². The van der Waals surface area contributed by atoms with Crippen LogP contribution in [0.2, 0.25) is 0 Å². The summed E-state index contributed by atoms with van der Waals surface area (Å²) < 4.78 is 5.57. The number of hydrogen-bond acceptors (Lipinski definition) is 4. The van der Waals surface area contributed by atoms with Gasteiger partial charge in [0.05, 0.1) is 11.2 Å². The van der Waals surface area contributed by atoms with E-state index in [1.54, 1.807) is 11.3 Å². The molecule has 1 N–H and O–H groups in total. The topological polar surface area (TPSA) is 34.1 Å². The molecular weight excluding hydrogens is 208 g/mol. The summed E-state index contributed by atoms with van der Waals surface area (Å²) in [5, 5.41) is 5.05. The lowest BCUT2D eigenvalue weighted by Gasteiger charge is -2.05. The van der Waals surface area contributed by atoms with E-state index >= 15 is 0 Å². The summed E-state index contributed by atoms with van der Waals surface area (Å²) in [6.45, 7) is 0.530. The minimum atomic E-state index is 0.530. The molecule has 0 bridgehead atoms. The van der Waals surface area contributed by atoms with Gasteiger partial charge in [-0.3, -0.25) is 0 Å². The SMILES string of the molecule is CNc1ccc(OCc2cscn2)cc1. The van der Waals surface area contributed by atoms with Crippen LogP contribution in [0.15, 0.2) is 35.2 Å². The van der Waals surface area contributed by atoms with Crippen LogP contribution < -0.4 is 10.1 Å². The Morgan fingerprint density at radius 3 is 2.73 bits per heavy atom. The summed E-state index contributed by atoms with van der Waals surface area (Å²) >= 11 is 1.58. The summed E-state index contributed by atoms with van der Waals surface area (Å²) in [7, 11) is 1.89. The average molecular weight is 220 g/mol. The fourth-order valence-electron chi connectivity index (χ4n) is 1.18. The molecule has 0 saturated heterocycles. The summed E-state index contributed by atoms with van der Waals surface area (Å²) in [6, 6.07) is 7.85. The van der Waals surface area contributed by atoms with Gasteiger partial charge in [-0.2, -0.15) is 0 Å². The highest BCUT2D eigenvalue weighted by atomic mass is 32.1. The Bertz CT molecular complexity index is 397. The molecule has 1 heterocycles. The number of rotatable bonds is 4. The third-order valence-electron chi connectivity index (χ3n) is 2.01. The molecule has 0 aliphatic heterocycles. The van der Waals surface area contributed by atoms with Gasteiger partial charge in [-0.1, -0.05) is 0 Å². The minimum absolute atomic E-state index is 0.530. The molecule has 0 amide bonds. The van der Waals surface area contributed by atoms with Crippen LogP contribution in [-0.2, 0) is 6.61 Å². The predicted octanol–water partition coefficient (Wildman–Crippen LogP) is 2.76. The molecule has 1 aromatic heterocycles. The van der Waals surface area contributed by atoms with Gasteiger partial charge in [-0.05, 0) is 24.3 Å². The first-order valence-electron chi connectivity index (χ1n) is 4.66. The molecule has 2 aromatic rings. The first-order chi connectivity index (χ1) is 7.38. The van der Waals surface area contributed by atoms with E-state index in [1.165, 1.54) is 0 Å². The maximum atomic E-state index is 5.57. The number of aromatic nitrogens is 1. The molecule has 1 aromatic carbocycles. The average Bonchev–Trinajstić information content (AvgIpc) is 2.80. The van der Waals surface area contributed by atoms with Gasteiger partial charge in [0, 0.05) is 18.1 Å². The fourth-order valence-corrected chi connectivity index (χ4v) is 1.73. The number of thiazole rings is 1. The van der Waals surface area contributed by atoms with E-state index < -0.39 is 0 Å². The number of anilines is 1. The van der Waals surface area contributed by atoms with Crippen molar-refractivity contribution in [3.8, 4) is 5.75 Å². The molecule has 4 heteroatoms. The van der Waals surface area contributed by atoms with E-state index in [0.717, 1.165) is 17.1 Å². The van der Waals surface area contributed by atoms with E-state index in [2.05, 4.69) is 10.3 Å². The third kappa shape index (κ3) is 2.70. The third-order valence-corrected chi connectivity index (χ3v) is 2.65. The van der Waals surface area contributed by atoms with Gasteiger partial charge in [0.25, 0.3) is 0 Å². The summed E-state index contributed by atoms with van der Waals surface area (Å²) in [5.41, 5.74) is 3.86. The molecule has 0 fully saturated rings. The van der Waals surface area contributed by atoms with Crippen molar-refractivity contribution < 1.29 is 4.74 Å². The number of nitrogens with zero attached hydrogens (tertiary/aromatic N) is 1. The Labute approximate surface area is 92.7 Å². The first kappa shape index (κ1) is 9.98. The van der Waals surface area contributed by atoms with Crippen LogP contribution in [-0.4, -0.2) is 12.0 Å². The highest BCUT2D eigenvalue weighted by molar-refractivity contribution is 7.07. The largest absolute Gasteiger partial charge is 0.487 e. The minimum Gasteiger partial charge on any atom is -0.487 e. The van der Waals surface area contributed by atoms with E-state index in [-0.39, 0.29) is 0 Å². The Hall–Kier alpha value is -1.55. The Morgan fingerprint density at radius 1 is 1.33 bits per heavy atom. The predicted molar refractivity (Wildman–Crippen MR) is 62.4 cm³/mol. The lowest BCUT2D eigenvalue weighted by Crippen LogP contribution is -1.95. The molecule has 2 rings (SSSR count). The maximum Gasteiger partial charge on any atom is 0.131 e. The van der Waals surface area contributed by atoms with Crippen molar-refractivity contribution in [2.75, 3.05) is 12.4 Å². The molecule has 15 heavy (non-hydrogen) atoms. The molecule has 78 valence electrons. The number of benzene rings is 1. The first-order valence-corrected chi connectivity index (χ1v) is 5.60. The second-order valence-electron chi connectivity index (χ2n) is 3.04. The van der Waals surface area contributed by atoms with Gasteiger partial charge in [-0.15, -0.1) is 11.3 Å². The van der Waals surface area contributed by atoms with Crippen molar-refractivity contribution in [3.63, 3.8) is 0 Å². The van der Waals surface area contributed by atoms with Crippen LogP contribution in [0.1, 0.15) is 5.69 Å². The normalized spacial score (nSPS) is 9.93. The number of ether oxygens (including phenoxy) is 1. The highest BCUT2D eigenvalue weighted by Gasteiger charge is 1.97. The lowest BCUT2D eigenvalue weighted by atomic mass is 10.3. The molecule has 0 saturated carbocycles. The second kappa shape index (κ2) is 4.79. The highest BCUT2D eigenvalue weighted by Crippen LogP contribution is 2.16. The van der Waals surface area contributed by atoms with Crippen LogP contribution in [0.25, 0.3) is 0 Å². The van der Waals surface area contributed by atoms with Crippen molar-refractivity contribution in [1.82, 2.24) is 4.98 Å². The molecule has 0 unspecified atom stereocenters. The number of nitrogens with one attached hydrogen (secondary N) is 1. The van der Waals surface area contributed by atoms with E-state index in [0.29, 0.717) is 6.61 Å². The molecule has 3 nitrogen and oxygen atoms in total. The molecule has 0 radical (unpaired) electrons. The Balaban J connectivity index is 1.93. The van der Waals surface area contributed by atoms with Crippen molar-refractivity contribution in [1.29, 1.82) is 0 Å². The van der Waals surface area contributed by atoms with Crippen LogP contribution >= 0.6 is 11.3 Å². The van der Waals surface area contributed by atoms with Gasteiger partial charge in [-0.25, -0.2) is 4.98 Å². The monoisotopic (exact) mass is 220 g/mol. The zero-order valence-corrected chi connectivity index (χ0v) is 9.25. The van der Waals surface area contributed by atoms with Crippen LogP contribution in [0.3, 0.4) is 0 Å². The van der Waals surface area contributed by atoms with Gasteiger partial charge in [0.2, 0.25) is 0 Å². The van der Waals surface area contributed by atoms with Gasteiger partial charge >= 0.3 is 0 Å². The smallest absolute Gasteiger partial charge is 0.131 e. The van der Waals surface area contributed by atoms with Crippen molar-refractivity contribution >= 4 is 17.0 Å². The van der Waals surface area contributed by atoms with Crippen LogP contribution in [0.4, 0.5) is 5.69 Å². The standard InChI is InChI=1S/C11H12N2OS/c1-12-9-2-4-11(5-3-9)14-6-10-7-15-8-13-10/h2-5,7-8,12H,6H2,1H3. The quantitative estimate of drug-likeness (QED) is 0.860. The van der Waals surface area contributed by atoms with E-state index in [4.69, 9.17) is 4.74 Å². The van der Waals surface area contributed by atoms with Crippen LogP contribution in [0.5, 0.6) is 5.75 Å². The zero-order valence-electron chi connectivity index (χ0n) is 8.43. The molecule has 0 aliphatic rings. The van der Waals surface area contributed by atoms with E-state index in [9.17, 15) is 0 Å². The molecule has 0 atom stereocenters. The van der Waals surface area contributed by atoms with Gasteiger partial charge in [0.15, 0.2) is 0 Å². The Kier molecular flexibility index (Phi) is 3.19. The van der Waals surface area contributed by atoms with E-state index in [1.807, 2.05) is 42.2 Å². The molecule has 0 aliphatic carbocycles. The van der Waals surface area contributed by atoms with Crippen LogP contribution in [0, 0.1) is 0 Å². The molecule has 0 spiro atoms. The lowest BCUT2D eigenvalue weighted by molar-refractivity contribution is 0.302. The van der Waals surface area contributed by atoms with Crippen molar-refractivity contribution in [3.05, 3.63) is 40.8 Å². The summed E-state index contributed by atoms with van der Waals surface area (Å²) in [5.74, 6) is 0.863. The summed E-state index contributed by atoms with van der Waals surface area (Å²) in [4.78, 5) is 4.15. The van der Waals surface area contributed by atoms with Crippen molar-refractivity contribution in [2.45, 2.75) is 6.61 Å². The fraction of sp³-hybridized carbons (Fsp3) is 0.182. The van der Waals surface area contributed by atoms with Crippen molar-refractivity contribution in [2.24, 2.45) is 0 Å². The number of hydrogen-bond donors (Lipinski definition) is 1. The van der Waals surface area contributed by atoms with Gasteiger partial charge in [0.1, 0.15) is 12.4 Å². The zero-order chi connectivity index (χ0) is 10.5. The maximum absolute atomic E-state index is 5.57. The Morgan fingerprint density at radius 2 is 2.13 bits per heavy atom. The summed E-state index contributed by atoms with van der Waals surface area (Å²) in [6.07, 6.45) is 0. The second-order valence-corrected chi connectivity index (χ2v) is 3.76. The molecular formula is C11H12N2OS.